The van der Waals surface area contributed by atoms with E-state index in [1.807, 2.05) is 55.5 Å². The fraction of sp³-hybridized carbons (Fsp3) is 0.286. The molecule has 136 valence electrons. The van der Waals surface area contributed by atoms with Crippen molar-refractivity contribution in [3.8, 4) is 11.5 Å². The van der Waals surface area contributed by atoms with E-state index in [9.17, 15) is 4.79 Å². The minimum atomic E-state index is -0.180. The van der Waals surface area contributed by atoms with Crippen LogP contribution in [-0.2, 0) is 11.2 Å². The van der Waals surface area contributed by atoms with E-state index in [-0.39, 0.29) is 11.9 Å². The number of hydrogen-bond acceptors (Lipinski definition) is 4. The molecule has 0 fully saturated rings. The lowest BCUT2D eigenvalue weighted by molar-refractivity contribution is -0.121. The van der Waals surface area contributed by atoms with Gasteiger partial charge in [-0.2, -0.15) is 0 Å². The number of fused-ring (bicyclic) bond motifs is 1. The van der Waals surface area contributed by atoms with Gasteiger partial charge in [0.2, 0.25) is 5.91 Å². The first-order valence-electron chi connectivity index (χ1n) is 8.59. The summed E-state index contributed by atoms with van der Waals surface area (Å²) in [7, 11) is 3.20. The van der Waals surface area contributed by atoms with Crippen LogP contribution in [0.5, 0.6) is 11.5 Å². The van der Waals surface area contributed by atoms with Gasteiger partial charge in [-0.15, -0.1) is 0 Å². The van der Waals surface area contributed by atoms with E-state index in [0.717, 1.165) is 22.3 Å². The number of para-hydroxylation sites is 1. The Hall–Kier alpha value is -2.95. The summed E-state index contributed by atoms with van der Waals surface area (Å²) in [4.78, 5) is 12.3. The first kappa shape index (κ1) is 17.9. The maximum absolute atomic E-state index is 12.3. The molecule has 3 aromatic rings. The standard InChI is InChI=1S/C21H23NO4/c1-14(19-13-16-6-4-5-7-17(16)26-19)22-21(23)11-9-15-8-10-18(24-2)20(12-15)25-3/h4-8,10,12-14H,9,11H2,1-3H3,(H,22,23). The fourth-order valence-corrected chi connectivity index (χ4v) is 2.89. The number of furan rings is 1. The molecule has 26 heavy (non-hydrogen) atoms. The highest BCUT2D eigenvalue weighted by atomic mass is 16.5. The summed E-state index contributed by atoms with van der Waals surface area (Å²) < 4.78 is 16.3. The minimum Gasteiger partial charge on any atom is -0.493 e. The van der Waals surface area contributed by atoms with E-state index in [4.69, 9.17) is 13.9 Å². The number of carbonyl (C=O) groups is 1. The van der Waals surface area contributed by atoms with Crippen LogP contribution in [0.2, 0.25) is 0 Å². The van der Waals surface area contributed by atoms with Gasteiger partial charge in [-0.1, -0.05) is 24.3 Å². The summed E-state index contributed by atoms with van der Waals surface area (Å²) >= 11 is 0. The maximum Gasteiger partial charge on any atom is 0.220 e. The van der Waals surface area contributed by atoms with Gasteiger partial charge in [0.15, 0.2) is 11.5 Å². The van der Waals surface area contributed by atoms with Gasteiger partial charge in [0, 0.05) is 11.8 Å². The molecule has 1 aromatic heterocycles. The highest BCUT2D eigenvalue weighted by molar-refractivity contribution is 5.79. The molecule has 5 heteroatoms. The van der Waals surface area contributed by atoms with Crippen LogP contribution >= 0.6 is 0 Å². The normalized spacial score (nSPS) is 12.0. The fourth-order valence-electron chi connectivity index (χ4n) is 2.89. The third-order valence-electron chi connectivity index (χ3n) is 4.34. The van der Waals surface area contributed by atoms with Crippen LogP contribution in [-0.4, -0.2) is 20.1 Å². The van der Waals surface area contributed by atoms with Crippen molar-refractivity contribution in [1.29, 1.82) is 0 Å². The molecular formula is C21H23NO4. The number of methoxy groups -OCH3 is 2. The smallest absolute Gasteiger partial charge is 0.220 e. The van der Waals surface area contributed by atoms with Crippen molar-refractivity contribution in [1.82, 2.24) is 5.32 Å². The Bertz CT molecular complexity index is 867. The predicted molar refractivity (Wildman–Crippen MR) is 101 cm³/mol. The lowest BCUT2D eigenvalue weighted by Crippen LogP contribution is -2.26. The van der Waals surface area contributed by atoms with Crippen LogP contribution in [0, 0.1) is 0 Å². The Balaban J connectivity index is 1.58. The highest BCUT2D eigenvalue weighted by Gasteiger charge is 2.14. The lowest BCUT2D eigenvalue weighted by Gasteiger charge is -2.12. The van der Waals surface area contributed by atoms with Crippen molar-refractivity contribution in [2.24, 2.45) is 0 Å². The summed E-state index contributed by atoms with van der Waals surface area (Å²) in [5.74, 6) is 2.08. The number of aryl methyl sites for hydroxylation is 1. The molecule has 0 bridgehead atoms. The lowest BCUT2D eigenvalue weighted by atomic mass is 10.1. The quantitative estimate of drug-likeness (QED) is 0.689. The second-order valence-corrected chi connectivity index (χ2v) is 6.17. The Kier molecular flexibility index (Phi) is 5.46. The predicted octanol–water partition coefficient (Wildman–Crippen LogP) is 4.26. The molecule has 1 atom stereocenters. The molecular weight excluding hydrogens is 330 g/mol. The Morgan fingerprint density at radius 3 is 2.58 bits per heavy atom. The van der Waals surface area contributed by atoms with Crippen LogP contribution in [0.15, 0.2) is 52.9 Å². The first-order chi connectivity index (χ1) is 12.6. The van der Waals surface area contributed by atoms with Crippen LogP contribution in [0.3, 0.4) is 0 Å². The van der Waals surface area contributed by atoms with E-state index < -0.39 is 0 Å². The van der Waals surface area contributed by atoms with E-state index in [1.165, 1.54) is 0 Å². The molecule has 1 N–H and O–H groups in total. The number of amides is 1. The zero-order chi connectivity index (χ0) is 18.5. The third kappa shape index (κ3) is 3.99. The van der Waals surface area contributed by atoms with Gasteiger partial charge in [0.1, 0.15) is 11.3 Å². The molecule has 0 aliphatic heterocycles. The number of carbonyl (C=O) groups excluding carboxylic acids is 1. The minimum absolute atomic E-state index is 0.0206. The van der Waals surface area contributed by atoms with Gasteiger partial charge >= 0.3 is 0 Å². The largest absolute Gasteiger partial charge is 0.493 e. The summed E-state index contributed by atoms with van der Waals surface area (Å²) in [5, 5.41) is 4.03. The van der Waals surface area contributed by atoms with Crippen LogP contribution in [0.25, 0.3) is 11.0 Å². The van der Waals surface area contributed by atoms with Crippen molar-refractivity contribution in [3.05, 3.63) is 59.9 Å². The molecule has 0 saturated carbocycles. The Morgan fingerprint density at radius 2 is 1.85 bits per heavy atom. The summed E-state index contributed by atoms with van der Waals surface area (Å²) in [6, 6.07) is 15.3. The molecule has 2 aromatic carbocycles. The second-order valence-electron chi connectivity index (χ2n) is 6.17. The van der Waals surface area contributed by atoms with Gasteiger partial charge < -0.3 is 19.2 Å². The summed E-state index contributed by atoms with van der Waals surface area (Å²) in [6.45, 7) is 1.92. The molecule has 1 unspecified atom stereocenters. The summed E-state index contributed by atoms with van der Waals surface area (Å²) in [6.07, 6.45) is 1.01. The van der Waals surface area contributed by atoms with Crippen molar-refractivity contribution < 1.29 is 18.7 Å². The highest BCUT2D eigenvalue weighted by Crippen LogP contribution is 2.28. The Morgan fingerprint density at radius 1 is 1.08 bits per heavy atom. The number of ether oxygens (including phenoxy) is 2. The molecule has 1 amide bonds. The van der Waals surface area contributed by atoms with E-state index in [0.29, 0.717) is 24.3 Å². The van der Waals surface area contributed by atoms with Gasteiger partial charge in [-0.25, -0.2) is 0 Å². The van der Waals surface area contributed by atoms with Crippen LogP contribution in [0.4, 0.5) is 0 Å². The number of benzene rings is 2. The molecule has 3 rings (SSSR count). The topological polar surface area (TPSA) is 60.7 Å². The first-order valence-corrected chi connectivity index (χ1v) is 8.59. The molecule has 0 aliphatic carbocycles. The summed E-state index contributed by atoms with van der Waals surface area (Å²) in [5.41, 5.74) is 1.85. The van der Waals surface area contributed by atoms with Crippen molar-refractivity contribution in [3.63, 3.8) is 0 Å². The zero-order valence-electron chi connectivity index (χ0n) is 15.2. The maximum atomic E-state index is 12.3. The molecule has 0 aliphatic rings. The Labute approximate surface area is 152 Å². The van der Waals surface area contributed by atoms with Gasteiger partial charge in [0.05, 0.1) is 20.3 Å². The third-order valence-corrected chi connectivity index (χ3v) is 4.34. The molecule has 1 heterocycles. The van der Waals surface area contributed by atoms with E-state index in [2.05, 4.69) is 5.32 Å². The molecule has 5 nitrogen and oxygen atoms in total. The van der Waals surface area contributed by atoms with Gasteiger partial charge in [-0.05, 0) is 43.2 Å². The number of rotatable bonds is 7. The monoisotopic (exact) mass is 353 g/mol. The SMILES string of the molecule is COc1ccc(CCC(=O)NC(C)c2cc3ccccc3o2)cc1OC. The average Bonchev–Trinajstić information content (AvgIpc) is 3.10. The van der Waals surface area contributed by atoms with Gasteiger partial charge in [-0.3, -0.25) is 4.79 Å². The van der Waals surface area contributed by atoms with Crippen LogP contribution < -0.4 is 14.8 Å². The van der Waals surface area contributed by atoms with E-state index >= 15 is 0 Å². The molecule has 0 radical (unpaired) electrons. The van der Waals surface area contributed by atoms with Crippen molar-refractivity contribution in [2.45, 2.75) is 25.8 Å². The molecule has 0 saturated heterocycles. The average molecular weight is 353 g/mol. The van der Waals surface area contributed by atoms with Gasteiger partial charge in [0.25, 0.3) is 0 Å². The zero-order valence-corrected chi connectivity index (χ0v) is 15.2. The van der Waals surface area contributed by atoms with Crippen molar-refractivity contribution >= 4 is 16.9 Å². The second kappa shape index (κ2) is 7.95. The van der Waals surface area contributed by atoms with Crippen molar-refractivity contribution in [2.75, 3.05) is 14.2 Å². The molecule has 0 spiro atoms. The van der Waals surface area contributed by atoms with Crippen LogP contribution in [0.1, 0.15) is 30.7 Å². The number of nitrogens with one attached hydrogen (secondary N) is 1. The van der Waals surface area contributed by atoms with E-state index in [1.54, 1.807) is 14.2 Å². The number of hydrogen-bond donors (Lipinski definition) is 1.